The Balaban J connectivity index is 1.81. The van der Waals surface area contributed by atoms with Crippen molar-refractivity contribution in [1.29, 1.82) is 0 Å². The molecule has 0 bridgehead atoms. The number of hydrogen-bond acceptors (Lipinski definition) is 9. The second-order valence-corrected chi connectivity index (χ2v) is 8.98. The zero-order valence-electron chi connectivity index (χ0n) is 19.6. The number of carbonyl (C=O) groups is 3. The first-order valence-corrected chi connectivity index (χ1v) is 11.8. The minimum absolute atomic E-state index is 0.0278. The molecule has 0 saturated carbocycles. The Morgan fingerprint density at radius 3 is 2.54 bits per heavy atom. The number of aliphatic hydroxyl groups excluding tert-OH is 1. The second kappa shape index (κ2) is 9.75. The molecule has 1 atom stereocenters. The fourth-order valence-electron chi connectivity index (χ4n) is 3.74. The normalized spacial score (nSPS) is 17.3. The van der Waals surface area contributed by atoms with Crippen molar-refractivity contribution >= 4 is 39.9 Å². The molecule has 4 rings (SSSR count). The summed E-state index contributed by atoms with van der Waals surface area (Å²) in [6.45, 7) is 7.28. The van der Waals surface area contributed by atoms with Crippen LogP contribution in [0.15, 0.2) is 52.7 Å². The number of aliphatic hydroxyl groups is 1. The lowest BCUT2D eigenvalue weighted by Gasteiger charge is -2.20. The molecule has 1 fully saturated rings. The molecule has 3 aromatic rings. The smallest absolute Gasteiger partial charge is 0.350 e. The molecule has 35 heavy (non-hydrogen) atoms. The third kappa shape index (κ3) is 4.57. The molecular formula is C25H24N2O7S. The summed E-state index contributed by atoms with van der Waals surface area (Å²) in [5.41, 5.74) is 0.551. The molecule has 182 valence electrons. The number of anilines is 1. The van der Waals surface area contributed by atoms with E-state index in [0.717, 1.165) is 16.2 Å². The summed E-state index contributed by atoms with van der Waals surface area (Å²) in [6.07, 6.45) is 1.38. The number of amides is 1. The predicted octanol–water partition coefficient (Wildman–Crippen LogP) is 4.63. The first-order chi connectivity index (χ1) is 16.7. The van der Waals surface area contributed by atoms with Gasteiger partial charge in [0.15, 0.2) is 5.13 Å². The Bertz CT molecular complexity index is 1290. The van der Waals surface area contributed by atoms with E-state index in [1.165, 1.54) is 6.26 Å². The maximum absolute atomic E-state index is 13.2. The Labute approximate surface area is 205 Å². The van der Waals surface area contributed by atoms with Crippen LogP contribution < -0.4 is 9.64 Å². The van der Waals surface area contributed by atoms with Gasteiger partial charge in [-0.2, -0.15) is 0 Å². The highest BCUT2D eigenvalue weighted by molar-refractivity contribution is 7.17. The number of rotatable bonds is 7. The number of Topliss-reactive ketones (excluding diaryl/α,β-unsaturated/α-hetero) is 1. The minimum Gasteiger partial charge on any atom is -0.507 e. The van der Waals surface area contributed by atoms with Crippen LogP contribution in [0.2, 0.25) is 0 Å². The van der Waals surface area contributed by atoms with Crippen LogP contribution in [0.3, 0.4) is 0 Å². The summed E-state index contributed by atoms with van der Waals surface area (Å²) >= 11 is 0.934. The Morgan fingerprint density at radius 2 is 1.94 bits per heavy atom. The molecule has 1 aliphatic heterocycles. The molecule has 2 aromatic heterocycles. The molecule has 9 nitrogen and oxygen atoms in total. The number of ether oxygens (including phenoxy) is 2. The highest BCUT2D eigenvalue weighted by atomic mass is 32.1. The predicted molar refractivity (Wildman–Crippen MR) is 129 cm³/mol. The van der Waals surface area contributed by atoms with Crippen molar-refractivity contribution in [2.75, 3.05) is 11.5 Å². The van der Waals surface area contributed by atoms with Gasteiger partial charge in [0.25, 0.3) is 5.78 Å². The van der Waals surface area contributed by atoms with Crippen molar-refractivity contribution in [1.82, 2.24) is 4.98 Å². The van der Waals surface area contributed by atoms with E-state index in [0.29, 0.717) is 17.0 Å². The SMILES string of the molecule is CCOC(=O)c1sc(N2C(=O)C(=O)/C(=C(/O)c3ccc(OC(C)C)cc3)[C@@H]2c2ccco2)nc1C. The van der Waals surface area contributed by atoms with Crippen molar-refractivity contribution in [3.8, 4) is 5.75 Å². The largest absolute Gasteiger partial charge is 0.507 e. The molecule has 0 unspecified atom stereocenters. The van der Waals surface area contributed by atoms with E-state index in [1.54, 1.807) is 50.2 Å². The molecule has 1 N–H and O–H groups in total. The Morgan fingerprint density at radius 1 is 1.23 bits per heavy atom. The standard InChI is InChI=1S/C25H24N2O7S/c1-5-32-24(31)22-14(4)26-25(35-22)27-19(17-7-6-12-33-17)18(21(29)23(27)30)20(28)15-8-10-16(11-9-15)34-13(2)3/h6-13,19,28H,5H2,1-4H3/b20-18+/t19-/m0/s1. The zero-order chi connectivity index (χ0) is 25.3. The first-order valence-electron chi connectivity index (χ1n) is 11.0. The van der Waals surface area contributed by atoms with Gasteiger partial charge in [0, 0.05) is 5.56 Å². The molecule has 0 spiro atoms. The van der Waals surface area contributed by atoms with Crippen LogP contribution in [-0.2, 0) is 14.3 Å². The van der Waals surface area contributed by atoms with Crippen LogP contribution in [0.5, 0.6) is 5.75 Å². The van der Waals surface area contributed by atoms with Crippen molar-refractivity contribution in [2.45, 2.75) is 39.8 Å². The van der Waals surface area contributed by atoms with E-state index < -0.39 is 23.7 Å². The molecule has 3 heterocycles. The topological polar surface area (TPSA) is 119 Å². The molecule has 1 aliphatic rings. The minimum atomic E-state index is -1.07. The Hall–Kier alpha value is -3.92. The first kappa shape index (κ1) is 24.2. The van der Waals surface area contributed by atoms with Gasteiger partial charge in [-0.05, 0) is 64.1 Å². The van der Waals surface area contributed by atoms with Crippen LogP contribution in [0, 0.1) is 6.92 Å². The summed E-state index contributed by atoms with van der Waals surface area (Å²) in [5.74, 6) is -1.85. The average Bonchev–Trinajstić information content (AvgIpc) is 3.53. The van der Waals surface area contributed by atoms with Crippen LogP contribution in [0.1, 0.15) is 53.5 Å². The van der Waals surface area contributed by atoms with Crippen molar-refractivity contribution < 1.29 is 33.4 Å². The quantitative estimate of drug-likeness (QED) is 0.218. The number of hydrogen-bond donors (Lipinski definition) is 1. The van der Waals surface area contributed by atoms with Gasteiger partial charge in [-0.15, -0.1) is 0 Å². The number of carbonyl (C=O) groups excluding carboxylic acids is 3. The van der Waals surface area contributed by atoms with Crippen molar-refractivity contribution in [2.24, 2.45) is 0 Å². The lowest BCUT2D eigenvalue weighted by atomic mass is 9.99. The van der Waals surface area contributed by atoms with Gasteiger partial charge in [0.2, 0.25) is 0 Å². The average molecular weight is 497 g/mol. The molecule has 0 aliphatic carbocycles. The number of nitrogens with zero attached hydrogens (tertiary/aromatic N) is 2. The number of esters is 1. The lowest BCUT2D eigenvalue weighted by Crippen LogP contribution is -2.29. The fraction of sp³-hybridized carbons (Fsp3) is 0.280. The van der Waals surface area contributed by atoms with Gasteiger partial charge < -0.3 is 19.0 Å². The van der Waals surface area contributed by atoms with Gasteiger partial charge in [-0.3, -0.25) is 14.5 Å². The number of aromatic nitrogens is 1. The van der Waals surface area contributed by atoms with Crippen LogP contribution in [0.25, 0.3) is 5.76 Å². The summed E-state index contributed by atoms with van der Waals surface area (Å²) < 4.78 is 16.2. The number of furan rings is 1. The highest BCUT2D eigenvalue weighted by Crippen LogP contribution is 2.44. The number of ketones is 1. The third-order valence-corrected chi connectivity index (χ3v) is 6.35. The van der Waals surface area contributed by atoms with E-state index in [9.17, 15) is 19.5 Å². The van der Waals surface area contributed by atoms with Crippen LogP contribution in [0.4, 0.5) is 5.13 Å². The van der Waals surface area contributed by atoms with Crippen molar-refractivity contribution in [3.05, 3.63) is 70.1 Å². The van der Waals surface area contributed by atoms with E-state index >= 15 is 0 Å². The zero-order valence-corrected chi connectivity index (χ0v) is 20.4. The highest BCUT2D eigenvalue weighted by Gasteiger charge is 2.49. The van der Waals surface area contributed by atoms with E-state index in [4.69, 9.17) is 13.9 Å². The van der Waals surface area contributed by atoms with Gasteiger partial charge >= 0.3 is 11.9 Å². The molecule has 0 radical (unpaired) electrons. The number of thiazole rings is 1. The summed E-state index contributed by atoms with van der Waals surface area (Å²) in [5, 5.41) is 11.3. The van der Waals surface area contributed by atoms with E-state index in [-0.39, 0.29) is 39.8 Å². The monoisotopic (exact) mass is 496 g/mol. The van der Waals surface area contributed by atoms with E-state index in [1.807, 2.05) is 13.8 Å². The molecular weight excluding hydrogens is 472 g/mol. The summed E-state index contributed by atoms with van der Waals surface area (Å²) in [4.78, 5) is 44.4. The lowest BCUT2D eigenvalue weighted by molar-refractivity contribution is -0.132. The maximum atomic E-state index is 13.2. The van der Waals surface area contributed by atoms with Gasteiger partial charge in [-0.1, -0.05) is 11.3 Å². The van der Waals surface area contributed by atoms with Gasteiger partial charge in [0.1, 0.15) is 28.2 Å². The third-order valence-electron chi connectivity index (χ3n) is 5.21. The number of aryl methyl sites for hydroxylation is 1. The van der Waals surface area contributed by atoms with Crippen LogP contribution >= 0.6 is 11.3 Å². The number of benzene rings is 1. The van der Waals surface area contributed by atoms with Gasteiger partial charge in [0.05, 0.1) is 30.2 Å². The van der Waals surface area contributed by atoms with Crippen LogP contribution in [-0.4, -0.2) is 40.5 Å². The van der Waals surface area contributed by atoms with Crippen molar-refractivity contribution in [3.63, 3.8) is 0 Å². The molecule has 10 heteroatoms. The molecule has 1 aromatic carbocycles. The molecule has 1 saturated heterocycles. The van der Waals surface area contributed by atoms with Gasteiger partial charge in [-0.25, -0.2) is 9.78 Å². The fourth-order valence-corrected chi connectivity index (χ4v) is 4.72. The summed E-state index contributed by atoms with van der Waals surface area (Å²) in [6, 6.07) is 8.69. The van der Waals surface area contributed by atoms with E-state index in [2.05, 4.69) is 4.98 Å². The summed E-state index contributed by atoms with van der Waals surface area (Å²) in [7, 11) is 0. The maximum Gasteiger partial charge on any atom is 0.350 e. The Kier molecular flexibility index (Phi) is 6.74. The second-order valence-electron chi connectivity index (χ2n) is 8.01. The molecule has 1 amide bonds.